The second-order valence-corrected chi connectivity index (χ2v) is 10.6. The number of amides is 2. The summed E-state index contributed by atoms with van der Waals surface area (Å²) in [5.74, 6) is -0.214. The van der Waals surface area contributed by atoms with Crippen LogP contribution in [0.5, 0.6) is 0 Å². The van der Waals surface area contributed by atoms with E-state index in [0.717, 1.165) is 36.9 Å². The smallest absolute Gasteiger partial charge is 0.248 e. The number of carbonyl (C=O) groups excluding carboxylic acids is 2. The van der Waals surface area contributed by atoms with Crippen molar-refractivity contribution in [2.75, 3.05) is 10.6 Å². The zero-order chi connectivity index (χ0) is 24.8. The maximum Gasteiger partial charge on any atom is 0.248 e. The lowest BCUT2D eigenvalue weighted by molar-refractivity contribution is -0.115. The number of thioether (sulfide) groups is 1. The van der Waals surface area contributed by atoms with Gasteiger partial charge in [-0.25, -0.2) is 4.98 Å². The minimum atomic E-state index is -0.253. The first-order valence-corrected chi connectivity index (χ1v) is 13.1. The summed E-state index contributed by atoms with van der Waals surface area (Å²) in [4.78, 5) is 30.0. The summed E-state index contributed by atoms with van der Waals surface area (Å²) in [5.41, 5.74) is 5.50. The molecule has 4 rings (SSSR count). The number of para-hydroxylation sites is 1. The van der Waals surface area contributed by atoms with Crippen molar-refractivity contribution in [3.63, 3.8) is 0 Å². The van der Waals surface area contributed by atoms with Crippen LogP contribution in [0.4, 0.5) is 11.4 Å². The maximum absolute atomic E-state index is 13.0. The number of rotatable bonds is 8. The third-order valence-electron chi connectivity index (χ3n) is 5.50. The summed E-state index contributed by atoms with van der Waals surface area (Å²) < 4.78 is 1.79. The molecule has 1 atom stereocenters. The van der Waals surface area contributed by atoms with Gasteiger partial charge in [-0.2, -0.15) is 0 Å². The lowest BCUT2D eigenvalue weighted by Gasteiger charge is -2.16. The van der Waals surface area contributed by atoms with Gasteiger partial charge in [0.2, 0.25) is 11.8 Å². The maximum atomic E-state index is 13.0. The molecule has 3 aromatic carbocycles. The Morgan fingerprint density at radius 2 is 1.74 bits per heavy atom. The van der Waals surface area contributed by atoms with E-state index in [0.29, 0.717) is 12.1 Å². The first-order valence-electron chi connectivity index (χ1n) is 11.4. The topological polar surface area (TPSA) is 71.1 Å². The predicted molar refractivity (Wildman–Crippen MR) is 148 cm³/mol. The Bertz CT molecular complexity index is 1360. The summed E-state index contributed by atoms with van der Waals surface area (Å²) in [6.07, 6.45) is 3.99. The van der Waals surface area contributed by atoms with E-state index in [9.17, 15) is 9.59 Å². The third-order valence-corrected chi connectivity index (χ3v) is 7.98. The van der Waals surface area contributed by atoms with Gasteiger partial charge in [0.1, 0.15) is 0 Å². The molecule has 0 aliphatic carbocycles. The molecule has 0 radical (unpaired) electrons. The Labute approximate surface area is 213 Å². The Hall–Kier alpha value is -3.42. The predicted octanol–water partition coefficient (Wildman–Crippen LogP) is 7.07. The van der Waals surface area contributed by atoms with Crippen LogP contribution in [0.3, 0.4) is 0 Å². The molecule has 1 unspecified atom stereocenters. The molecule has 0 spiro atoms. The number of thiazole rings is 1. The van der Waals surface area contributed by atoms with Crippen LogP contribution in [0.15, 0.2) is 77.1 Å². The number of fused-ring (bicyclic) bond motifs is 1. The summed E-state index contributed by atoms with van der Waals surface area (Å²) in [7, 11) is 0. The highest BCUT2D eigenvalue weighted by Gasteiger charge is 2.21. The van der Waals surface area contributed by atoms with E-state index in [1.807, 2.05) is 87.5 Å². The van der Waals surface area contributed by atoms with Crippen molar-refractivity contribution in [3.8, 4) is 0 Å². The van der Waals surface area contributed by atoms with Gasteiger partial charge in [0.15, 0.2) is 4.34 Å². The fraction of sp³-hybridized carbons (Fsp3) is 0.179. The van der Waals surface area contributed by atoms with Gasteiger partial charge in [0, 0.05) is 17.5 Å². The molecule has 2 amide bonds. The Balaban J connectivity index is 1.43. The average Bonchev–Trinajstić information content (AvgIpc) is 3.26. The van der Waals surface area contributed by atoms with Crippen molar-refractivity contribution >= 4 is 62.6 Å². The van der Waals surface area contributed by atoms with E-state index < -0.39 is 0 Å². The number of anilines is 2. The van der Waals surface area contributed by atoms with Crippen molar-refractivity contribution in [1.29, 1.82) is 0 Å². The van der Waals surface area contributed by atoms with Gasteiger partial charge in [-0.1, -0.05) is 67.2 Å². The Kier molecular flexibility index (Phi) is 8.00. The molecule has 0 saturated carbocycles. The van der Waals surface area contributed by atoms with Gasteiger partial charge in [0.25, 0.3) is 0 Å². The van der Waals surface area contributed by atoms with E-state index >= 15 is 0 Å². The SMILES string of the molecule is CCC(Sc1nc2ccc(NC(=O)/C=C/c3ccccc3)cc2s1)C(=O)Nc1c(C)cccc1C. The standard InChI is InChI=1S/C28H27N3O2S2/c1-4-23(27(33)31-26-18(2)9-8-10-19(26)3)34-28-30-22-15-14-21(17-24(22)35-28)29-25(32)16-13-20-11-6-5-7-12-20/h5-17,23H,4H2,1-3H3,(H,29,32)(H,31,33)/b16-13+. The number of benzene rings is 3. The van der Waals surface area contributed by atoms with E-state index in [-0.39, 0.29) is 17.1 Å². The van der Waals surface area contributed by atoms with Crippen molar-refractivity contribution in [2.24, 2.45) is 0 Å². The summed E-state index contributed by atoms with van der Waals surface area (Å²) in [6, 6.07) is 21.3. The Morgan fingerprint density at radius 3 is 2.46 bits per heavy atom. The molecule has 2 N–H and O–H groups in total. The lowest BCUT2D eigenvalue weighted by Crippen LogP contribution is -2.25. The van der Waals surface area contributed by atoms with Gasteiger partial charge in [0.05, 0.1) is 15.5 Å². The molecule has 7 heteroatoms. The minimum Gasteiger partial charge on any atom is -0.325 e. The molecular formula is C28H27N3O2S2. The average molecular weight is 502 g/mol. The number of carbonyl (C=O) groups is 2. The van der Waals surface area contributed by atoms with Crippen LogP contribution >= 0.6 is 23.1 Å². The molecule has 4 aromatic rings. The van der Waals surface area contributed by atoms with Crippen molar-refractivity contribution < 1.29 is 9.59 Å². The van der Waals surface area contributed by atoms with Crippen LogP contribution in [0.25, 0.3) is 16.3 Å². The van der Waals surface area contributed by atoms with Crippen LogP contribution in [0.2, 0.25) is 0 Å². The highest BCUT2D eigenvalue weighted by molar-refractivity contribution is 8.02. The summed E-state index contributed by atoms with van der Waals surface area (Å²) >= 11 is 3.00. The number of nitrogens with one attached hydrogen (secondary N) is 2. The zero-order valence-corrected chi connectivity index (χ0v) is 21.5. The van der Waals surface area contributed by atoms with E-state index in [1.165, 1.54) is 29.2 Å². The van der Waals surface area contributed by atoms with Gasteiger partial charge in [-0.05, 0) is 61.2 Å². The van der Waals surface area contributed by atoms with E-state index in [1.54, 1.807) is 6.08 Å². The second-order valence-electron chi connectivity index (χ2n) is 8.17. The van der Waals surface area contributed by atoms with Gasteiger partial charge >= 0.3 is 0 Å². The van der Waals surface area contributed by atoms with E-state index in [4.69, 9.17) is 4.98 Å². The largest absolute Gasteiger partial charge is 0.325 e. The highest BCUT2D eigenvalue weighted by Crippen LogP contribution is 2.35. The van der Waals surface area contributed by atoms with Crippen LogP contribution in [0.1, 0.15) is 30.0 Å². The molecular weight excluding hydrogens is 474 g/mol. The first-order chi connectivity index (χ1) is 16.9. The van der Waals surface area contributed by atoms with Crippen LogP contribution in [-0.2, 0) is 9.59 Å². The normalized spacial score (nSPS) is 12.1. The van der Waals surface area contributed by atoms with Gasteiger partial charge < -0.3 is 10.6 Å². The monoisotopic (exact) mass is 501 g/mol. The molecule has 0 aliphatic heterocycles. The molecule has 1 heterocycles. The van der Waals surface area contributed by atoms with Crippen LogP contribution < -0.4 is 10.6 Å². The molecule has 0 aliphatic rings. The number of hydrogen-bond acceptors (Lipinski definition) is 5. The van der Waals surface area contributed by atoms with E-state index in [2.05, 4.69) is 10.6 Å². The van der Waals surface area contributed by atoms with Crippen LogP contribution in [-0.4, -0.2) is 22.0 Å². The second kappa shape index (κ2) is 11.3. The lowest BCUT2D eigenvalue weighted by atomic mass is 10.1. The minimum absolute atomic E-state index is 0.0210. The van der Waals surface area contributed by atoms with Gasteiger partial charge in [-0.3, -0.25) is 9.59 Å². The number of aryl methyl sites for hydroxylation is 2. The van der Waals surface area contributed by atoms with Crippen molar-refractivity contribution in [1.82, 2.24) is 4.98 Å². The fourth-order valence-electron chi connectivity index (χ4n) is 3.61. The number of nitrogens with zero attached hydrogens (tertiary/aromatic N) is 1. The fourth-order valence-corrected chi connectivity index (χ4v) is 5.88. The molecule has 178 valence electrons. The highest BCUT2D eigenvalue weighted by atomic mass is 32.2. The Morgan fingerprint density at radius 1 is 1.00 bits per heavy atom. The molecule has 35 heavy (non-hydrogen) atoms. The molecule has 5 nitrogen and oxygen atoms in total. The molecule has 0 bridgehead atoms. The number of hydrogen-bond donors (Lipinski definition) is 2. The summed E-state index contributed by atoms with van der Waals surface area (Å²) in [5, 5.41) is 5.75. The molecule has 0 saturated heterocycles. The van der Waals surface area contributed by atoms with Crippen molar-refractivity contribution in [3.05, 3.63) is 89.5 Å². The van der Waals surface area contributed by atoms with Gasteiger partial charge in [-0.15, -0.1) is 11.3 Å². The quantitative estimate of drug-likeness (QED) is 0.200. The molecule has 0 fully saturated rings. The third kappa shape index (κ3) is 6.38. The molecule has 1 aromatic heterocycles. The summed E-state index contributed by atoms with van der Waals surface area (Å²) in [6.45, 7) is 6.00. The zero-order valence-electron chi connectivity index (χ0n) is 19.9. The number of aromatic nitrogens is 1. The van der Waals surface area contributed by atoms with Crippen LogP contribution in [0, 0.1) is 13.8 Å². The van der Waals surface area contributed by atoms with Crippen molar-refractivity contribution in [2.45, 2.75) is 36.8 Å². The first kappa shape index (κ1) is 24.7.